The van der Waals surface area contributed by atoms with E-state index in [0.717, 1.165) is 6.07 Å². The molecule has 0 saturated carbocycles. The van der Waals surface area contributed by atoms with Crippen LogP contribution in [0.3, 0.4) is 0 Å². The first-order valence-electron chi connectivity index (χ1n) is 4.56. The van der Waals surface area contributed by atoms with Gasteiger partial charge in [0.25, 0.3) is 0 Å². The number of halogens is 4. The molecule has 1 N–H and O–H groups in total. The van der Waals surface area contributed by atoms with Crippen LogP contribution in [0.25, 0.3) is 0 Å². The van der Waals surface area contributed by atoms with E-state index < -0.39 is 17.6 Å². The highest BCUT2D eigenvalue weighted by atomic mass is 19.4. The van der Waals surface area contributed by atoms with Gasteiger partial charge in [-0.3, -0.25) is 0 Å². The van der Waals surface area contributed by atoms with Crippen LogP contribution in [-0.4, -0.2) is 13.1 Å². The highest BCUT2D eigenvalue weighted by Gasteiger charge is 2.36. The molecule has 82 valence electrons. The molecule has 1 saturated heterocycles. The van der Waals surface area contributed by atoms with Crippen LogP contribution in [0.15, 0.2) is 18.2 Å². The second-order valence-electron chi connectivity index (χ2n) is 3.56. The standard InChI is InChI=1S/C10H9F4N/c11-9-7(6-4-15-5-6)2-1-3-8(9)10(12,13)14/h1-3,6,15H,4-5H2. The molecule has 1 nitrogen and oxygen atoms in total. The Morgan fingerprint density at radius 3 is 2.33 bits per heavy atom. The molecular formula is C10H9F4N. The smallest absolute Gasteiger partial charge is 0.315 e. The van der Waals surface area contributed by atoms with Gasteiger partial charge in [0.05, 0.1) is 5.56 Å². The number of rotatable bonds is 1. The van der Waals surface area contributed by atoms with Crippen LogP contribution in [-0.2, 0) is 6.18 Å². The van der Waals surface area contributed by atoms with Gasteiger partial charge in [0.2, 0.25) is 0 Å². The fraction of sp³-hybridized carbons (Fsp3) is 0.400. The van der Waals surface area contributed by atoms with E-state index in [2.05, 4.69) is 5.32 Å². The van der Waals surface area contributed by atoms with E-state index in [1.807, 2.05) is 0 Å². The summed E-state index contributed by atoms with van der Waals surface area (Å²) in [5.74, 6) is -1.26. The van der Waals surface area contributed by atoms with E-state index in [9.17, 15) is 17.6 Å². The normalized spacial score (nSPS) is 17.6. The summed E-state index contributed by atoms with van der Waals surface area (Å²) in [6, 6.07) is 3.43. The van der Waals surface area contributed by atoms with E-state index in [1.165, 1.54) is 12.1 Å². The van der Waals surface area contributed by atoms with Crippen molar-refractivity contribution in [1.29, 1.82) is 0 Å². The maximum absolute atomic E-state index is 13.5. The molecule has 1 heterocycles. The van der Waals surface area contributed by atoms with Crippen LogP contribution in [0, 0.1) is 5.82 Å². The molecule has 1 aliphatic heterocycles. The summed E-state index contributed by atoms with van der Waals surface area (Å²) in [4.78, 5) is 0. The zero-order valence-corrected chi connectivity index (χ0v) is 7.74. The Bertz CT molecular complexity index is 368. The van der Waals surface area contributed by atoms with Crippen molar-refractivity contribution in [2.24, 2.45) is 0 Å². The number of nitrogens with one attached hydrogen (secondary N) is 1. The van der Waals surface area contributed by atoms with Crippen LogP contribution >= 0.6 is 0 Å². The summed E-state index contributed by atoms with van der Waals surface area (Å²) >= 11 is 0. The van der Waals surface area contributed by atoms with Gasteiger partial charge >= 0.3 is 6.18 Å². The molecule has 1 aromatic carbocycles. The zero-order chi connectivity index (χ0) is 11.1. The topological polar surface area (TPSA) is 12.0 Å². The van der Waals surface area contributed by atoms with Gasteiger partial charge in [0, 0.05) is 19.0 Å². The molecule has 5 heteroatoms. The van der Waals surface area contributed by atoms with Crippen molar-refractivity contribution in [3.05, 3.63) is 35.1 Å². The Hall–Kier alpha value is -1.10. The Morgan fingerprint density at radius 2 is 1.87 bits per heavy atom. The third-order valence-electron chi connectivity index (χ3n) is 2.56. The average Bonchev–Trinajstić information content (AvgIpc) is 2.03. The largest absolute Gasteiger partial charge is 0.419 e. The maximum atomic E-state index is 13.5. The Labute approximate surface area is 84.1 Å². The Morgan fingerprint density at radius 1 is 1.20 bits per heavy atom. The van der Waals surface area contributed by atoms with Crippen molar-refractivity contribution >= 4 is 0 Å². The van der Waals surface area contributed by atoms with Crippen LogP contribution in [0.2, 0.25) is 0 Å². The quantitative estimate of drug-likeness (QED) is 0.715. The van der Waals surface area contributed by atoms with Gasteiger partial charge in [0.1, 0.15) is 5.82 Å². The minimum atomic E-state index is -4.61. The highest BCUT2D eigenvalue weighted by Crippen LogP contribution is 2.34. The fourth-order valence-electron chi connectivity index (χ4n) is 1.59. The van der Waals surface area contributed by atoms with Crippen molar-refractivity contribution in [3.8, 4) is 0 Å². The predicted molar refractivity (Wildman–Crippen MR) is 47.0 cm³/mol. The molecule has 15 heavy (non-hydrogen) atoms. The maximum Gasteiger partial charge on any atom is 0.419 e. The molecule has 0 atom stereocenters. The number of hydrogen-bond acceptors (Lipinski definition) is 1. The second-order valence-corrected chi connectivity index (χ2v) is 3.56. The zero-order valence-electron chi connectivity index (χ0n) is 7.74. The first kappa shape index (κ1) is 10.4. The lowest BCUT2D eigenvalue weighted by molar-refractivity contribution is -0.140. The van der Waals surface area contributed by atoms with Crippen molar-refractivity contribution in [2.45, 2.75) is 12.1 Å². The minimum absolute atomic E-state index is 0.132. The average molecular weight is 219 g/mol. The van der Waals surface area contributed by atoms with Crippen LogP contribution in [0.4, 0.5) is 17.6 Å². The van der Waals surface area contributed by atoms with Crippen LogP contribution in [0.1, 0.15) is 17.0 Å². The Balaban J connectivity index is 2.41. The molecule has 0 amide bonds. The van der Waals surface area contributed by atoms with E-state index in [4.69, 9.17) is 0 Å². The first-order valence-corrected chi connectivity index (χ1v) is 4.56. The minimum Gasteiger partial charge on any atom is -0.315 e. The van der Waals surface area contributed by atoms with Crippen molar-refractivity contribution < 1.29 is 17.6 Å². The van der Waals surface area contributed by atoms with Gasteiger partial charge < -0.3 is 5.32 Å². The lowest BCUT2D eigenvalue weighted by atomic mass is 9.92. The molecule has 0 spiro atoms. The lowest BCUT2D eigenvalue weighted by Gasteiger charge is -2.28. The molecule has 0 radical (unpaired) electrons. The van der Waals surface area contributed by atoms with Gasteiger partial charge in [-0.1, -0.05) is 12.1 Å². The first-order chi connectivity index (χ1) is 7.00. The molecule has 0 bridgehead atoms. The summed E-state index contributed by atoms with van der Waals surface area (Å²) in [7, 11) is 0. The van der Waals surface area contributed by atoms with Crippen LogP contribution < -0.4 is 5.32 Å². The summed E-state index contributed by atoms with van der Waals surface area (Å²) < 4.78 is 50.6. The van der Waals surface area contributed by atoms with Crippen molar-refractivity contribution in [3.63, 3.8) is 0 Å². The van der Waals surface area contributed by atoms with Gasteiger partial charge in [-0.25, -0.2) is 4.39 Å². The van der Waals surface area contributed by atoms with E-state index >= 15 is 0 Å². The lowest BCUT2D eigenvalue weighted by Crippen LogP contribution is -2.40. The van der Waals surface area contributed by atoms with E-state index in [0.29, 0.717) is 13.1 Å². The number of benzene rings is 1. The molecule has 1 aliphatic rings. The molecule has 0 aliphatic carbocycles. The molecule has 0 unspecified atom stereocenters. The summed E-state index contributed by atoms with van der Waals surface area (Å²) in [5, 5.41) is 2.90. The third kappa shape index (κ3) is 1.84. The fourth-order valence-corrected chi connectivity index (χ4v) is 1.59. The number of alkyl halides is 3. The molecule has 1 fully saturated rings. The van der Waals surface area contributed by atoms with Gasteiger partial charge in [0.15, 0.2) is 0 Å². The Kier molecular flexibility index (Phi) is 2.42. The van der Waals surface area contributed by atoms with Gasteiger partial charge in [-0.05, 0) is 11.6 Å². The van der Waals surface area contributed by atoms with E-state index in [1.54, 1.807) is 0 Å². The summed E-state index contributed by atoms with van der Waals surface area (Å²) in [6.45, 7) is 1.08. The molecule has 2 rings (SSSR count). The van der Waals surface area contributed by atoms with Crippen molar-refractivity contribution in [2.75, 3.05) is 13.1 Å². The summed E-state index contributed by atoms with van der Waals surface area (Å²) in [6.07, 6.45) is -4.61. The van der Waals surface area contributed by atoms with E-state index in [-0.39, 0.29) is 11.5 Å². The van der Waals surface area contributed by atoms with Gasteiger partial charge in [-0.15, -0.1) is 0 Å². The molecule has 0 aromatic heterocycles. The molecular weight excluding hydrogens is 210 g/mol. The monoisotopic (exact) mass is 219 g/mol. The third-order valence-corrected chi connectivity index (χ3v) is 2.56. The van der Waals surface area contributed by atoms with Gasteiger partial charge in [-0.2, -0.15) is 13.2 Å². The summed E-state index contributed by atoms with van der Waals surface area (Å²) in [5.41, 5.74) is -1.02. The SMILES string of the molecule is Fc1c(C2CNC2)cccc1C(F)(F)F. The van der Waals surface area contributed by atoms with Crippen molar-refractivity contribution in [1.82, 2.24) is 5.32 Å². The highest BCUT2D eigenvalue weighted by molar-refractivity contribution is 5.32. The predicted octanol–water partition coefficient (Wildman–Crippen LogP) is 2.53. The molecule has 1 aromatic rings. The second kappa shape index (κ2) is 3.48. The van der Waals surface area contributed by atoms with Crippen LogP contribution in [0.5, 0.6) is 0 Å². The number of hydrogen-bond donors (Lipinski definition) is 1.